The number of phenolic OH excluding ortho intramolecular Hbond substituents is 1. The first-order chi connectivity index (χ1) is 5.81. The lowest BCUT2D eigenvalue weighted by Crippen LogP contribution is -2.05. The summed E-state index contributed by atoms with van der Waals surface area (Å²) in [7, 11) is 0. The first-order valence-electron chi connectivity index (χ1n) is 3.36. The van der Waals surface area contributed by atoms with Crippen molar-refractivity contribution >= 4 is 26.7 Å². The minimum absolute atomic E-state index is 0.242. The Bertz CT molecular complexity index is 412. The topological polar surface area (TPSA) is 71.2 Å². The minimum atomic E-state index is 0.242. The van der Waals surface area contributed by atoms with Gasteiger partial charge in [-0.25, -0.2) is 10.8 Å². The predicted molar refractivity (Wildman–Crippen MR) is 49.1 cm³/mol. The average molecular weight is 181 g/mol. The van der Waals surface area contributed by atoms with Gasteiger partial charge in [0, 0.05) is 0 Å². The highest BCUT2D eigenvalue weighted by Crippen LogP contribution is 2.31. The van der Waals surface area contributed by atoms with Crippen molar-refractivity contribution in [3.63, 3.8) is 0 Å². The van der Waals surface area contributed by atoms with Gasteiger partial charge in [-0.05, 0) is 12.1 Å². The van der Waals surface area contributed by atoms with Crippen LogP contribution in [0.2, 0.25) is 0 Å². The molecule has 0 saturated carbocycles. The summed E-state index contributed by atoms with van der Waals surface area (Å²) in [6.45, 7) is 0. The van der Waals surface area contributed by atoms with E-state index in [1.54, 1.807) is 12.1 Å². The van der Waals surface area contributed by atoms with Crippen LogP contribution in [0.25, 0.3) is 10.2 Å². The lowest BCUT2D eigenvalue weighted by Gasteiger charge is -1.89. The van der Waals surface area contributed by atoms with Crippen LogP contribution in [-0.4, -0.2) is 10.1 Å². The van der Waals surface area contributed by atoms with Crippen molar-refractivity contribution in [2.45, 2.75) is 0 Å². The number of hydrogen-bond donors (Lipinski definition) is 3. The van der Waals surface area contributed by atoms with Gasteiger partial charge in [-0.15, -0.1) is 0 Å². The zero-order valence-corrected chi connectivity index (χ0v) is 6.93. The number of phenols is 1. The smallest absolute Gasteiger partial charge is 0.198 e. The Kier molecular flexibility index (Phi) is 1.60. The van der Waals surface area contributed by atoms with Crippen LogP contribution in [0.15, 0.2) is 18.2 Å². The van der Waals surface area contributed by atoms with Gasteiger partial charge in [0.25, 0.3) is 0 Å². The third-order valence-electron chi connectivity index (χ3n) is 1.52. The summed E-state index contributed by atoms with van der Waals surface area (Å²) < 4.78 is 0.755. The molecule has 0 saturated heterocycles. The van der Waals surface area contributed by atoms with E-state index in [1.807, 2.05) is 6.07 Å². The van der Waals surface area contributed by atoms with Crippen LogP contribution in [0.3, 0.4) is 0 Å². The number of aromatic nitrogens is 1. The predicted octanol–water partition coefficient (Wildman–Crippen LogP) is 1.29. The number of fused-ring (bicyclic) bond motifs is 1. The number of benzene rings is 1. The number of hydrogen-bond acceptors (Lipinski definition) is 5. The van der Waals surface area contributed by atoms with E-state index < -0.39 is 0 Å². The Balaban J connectivity index is 2.74. The van der Waals surface area contributed by atoms with Gasteiger partial charge in [0.05, 0.1) is 10.2 Å². The summed E-state index contributed by atoms with van der Waals surface area (Å²) in [5.41, 5.74) is 3.20. The highest BCUT2D eigenvalue weighted by atomic mass is 32.1. The molecule has 5 heteroatoms. The second kappa shape index (κ2) is 2.62. The van der Waals surface area contributed by atoms with E-state index in [2.05, 4.69) is 10.4 Å². The van der Waals surface area contributed by atoms with Gasteiger partial charge in [-0.1, -0.05) is 17.4 Å². The lowest BCUT2D eigenvalue weighted by atomic mass is 10.3. The second-order valence-electron chi connectivity index (χ2n) is 2.29. The SMILES string of the molecule is NNc1nc2cccc(O)c2s1. The molecular formula is C7H7N3OS. The fourth-order valence-electron chi connectivity index (χ4n) is 0.996. The molecule has 1 heterocycles. The fourth-order valence-corrected chi connectivity index (χ4v) is 1.78. The number of nitrogens with zero attached hydrogens (tertiary/aromatic N) is 1. The van der Waals surface area contributed by atoms with E-state index in [1.165, 1.54) is 11.3 Å². The highest BCUT2D eigenvalue weighted by Gasteiger charge is 2.04. The van der Waals surface area contributed by atoms with E-state index >= 15 is 0 Å². The van der Waals surface area contributed by atoms with Crippen LogP contribution in [0.5, 0.6) is 5.75 Å². The van der Waals surface area contributed by atoms with Crippen molar-refractivity contribution in [3.05, 3.63) is 18.2 Å². The summed E-state index contributed by atoms with van der Waals surface area (Å²) in [5.74, 6) is 5.42. The maximum atomic E-state index is 9.38. The van der Waals surface area contributed by atoms with Crippen molar-refractivity contribution in [1.29, 1.82) is 0 Å². The van der Waals surface area contributed by atoms with E-state index in [0.717, 1.165) is 10.2 Å². The normalized spacial score (nSPS) is 10.4. The molecule has 12 heavy (non-hydrogen) atoms. The molecule has 1 aromatic carbocycles. The molecule has 0 unspecified atom stereocenters. The van der Waals surface area contributed by atoms with Crippen LogP contribution in [0, 0.1) is 0 Å². The number of nitrogens with two attached hydrogens (primary N) is 1. The molecule has 0 amide bonds. The van der Waals surface area contributed by atoms with Crippen molar-refractivity contribution in [3.8, 4) is 5.75 Å². The largest absolute Gasteiger partial charge is 0.506 e. The Hall–Kier alpha value is -1.33. The van der Waals surface area contributed by atoms with Crippen LogP contribution in [-0.2, 0) is 0 Å². The number of nitrogens with one attached hydrogen (secondary N) is 1. The molecule has 0 aliphatic carbocycles. The fraction of sp³-hybridized carbons (Fsp3) is 0. The third-order valence-corrected chi connectivity index (χ3v) is 2.54. The first kappa shape index (κ1) is 7.33. The molecule has 0 atom stereocenters. The molecule has 4 N–H and O–H groups in total. The maximum Gasteiger partial charge on any atom is 0.198 e. The number of nitrogen functional groups attached to an aromatic ring is 1. The number of aromatic hydroxyl groups is 1. The molecule has 0 aliphatic rings. The number of hydrazine groups is 1. The van der Waals surface area contributed by atoms with E-state index in [0.29, 0.717) is 5.13 Å². The molecule has 0 spiro atoms. The van der Waals surface area contributed by atoms with E-state index in [9.17, 15) is 5.11 Å². The number of thiazole rings is 1. The standard InChI is InChI=1S/C7H7N3OS/c8-10-7-9-4-2-1-3-5(11)6(4)12-7/h1-3,11H,8H2,(H,9,10). The molecule has 2 rings (SSSR count). The zero-order chi connectivity index (χ0) is 8.55. The summed E-state index contributed by atoms with van der Waals surface area (Å²) in [5, 5.41) is 9.99. The summed E-state index contributed by atoms with van der Waals surface area (Å²) in [6.07, 6.45) is 0. The molecule has 0 aliphatic heterocycles. The molecule has 0 radical (unpaired) electrons. The Morgan fingerprint density at radius 2 is 2.33 bits per heavy atom. The first-order valence-corrected chi connectivity index (χ1v) is 4.18. The van der Waals surface area contributed by atoms with Gasteiger partial charge in [0.2, 0.25) is 0 Å². The zero-order valence-electron chi connectivity index (χ0n) is 6.11. The number of rotatable bonds is 1. The molecule has 0 bridgehead atoms. The van der Waals surface area contributed by atoms with Crippen molar-refractivity contribution in [1.82, 2.24) is 4.98 Å². The Morgan fingerprint density at radius 3 is 3.00 bits per heavy atom. The molecule has 2 aromatic rings. The maximum absolute atomic E-state index is 9.38. The third kappa shape index (κ3) is 0.992. The van der Waals surface area contributed by atoms with E-state index in [4.69, 9.17) is 5.84 Å². The van der Waals surface area contributed by atoms with Crippen LogP contribution in [0.4, 0.5) is 5.13 Å². The number of anilines is 1. The lowest BCUT2D eigenvalue weighted by molar-refractivity contribution is 0.482. The Labute approximate surface area is 72.6 Å². The summed E-state index contributed by atoms with van der Waals surface area (Å²) in [6, 6.07) is 5.20. The molecule has 62 valence electrons. The molecule has 0 fully saturated rings. The second-order valence-corrected chi connectivity index (χ2v) is 3.29. The monoisotopic (exact) mass is 181 g/mol. The molecule has 4 nitrogen and oxygen atoms in total. The van der Waals surface area contributed by atoms with Gasteiger partial charge < -0.3 is 5.11 Å². The van der Waals surface area contributed by atoms with E-state index in [-0.39, 0.29) is 5.75 Å². The van der Waals surface area contributed by atoms with Gasteiger partial charge >= 0.3 is 0 Å². The summed E-state index contributed by atoms with van der Waals surface area (Å²) in [4.78, 5) is 4.11. The van der Waals surface area contributed by atoms with Crippen molar-refractivity contribution < 1.29 is 5.11 Å². The van der Waals surface area contributed by atoms with Gasteiger partial charge in [-0.2, -0.15) is 0 Å². The quantitative estimate of drug-likeness (QED) is 0.458. The average Bonchev–Trinajstić information content (AvgIpc) is 2.49. The van der Waals surface area contributed by atoms with Crippen LogP contribution in [0.1, 0.15) is 0 Å². The van der Waals surface area contributed by atoms with Gasteiger partial charge in [0.15, 0.2) is 5.13 Å². The van der Waals surface area contributed by atoms with Crippen molar-refractivity contribution in [2.75, 3.05) is 5.43 Å². The van der Waals surface area contributed by atoms with Gasteiger partial charge in [-0.3, -0.25) is 5.43 Å². The minimum Gasteiger partial charge on any atom is -0.506 e. The van der Waals surface area contributed by atoms with Crippen molar-refractivity contribution in [2.24, 2.45) is 5.84 Å². The van der Waals surface area contributed by atoms with Crippen LogP contribution >= 0.6 is 11.3 Å². The van der Waals surface area contributed by atoms with Crippen LogP contribution < -0.4 is 11.3 Å². The van der Waals surface area contributed by atoms with Gasteiger partial charge in [0.1, 0.15) is 5.75 Å². The molecule has 1 aromatic heterocycles. The summed E-state index contributed by atoms with van der Waals surface area (Å²) >= 11 is 1.33. The molecular weight excluding hydrogens is 174 g/mol. The highest BCUT2D eigenvalue weighted by molar-refractivity contribution is 7.22. The Morgan fingerprint density at radius 1 is 1.50 bits per heavy atom.